The molecule has 2 aliphatic rings. The third-order valence-corrected chi connectivity index (χ3v) is 6.08. The number of hydrogen-bond acceptors (Lipinski definition) is 7. The highest BCUT2D eigenvalue weighted by molar-refractivity contribution is 8.18. The Hall–Kier alpha value is -2.59. The fourth-order valence-electron chi connectivity index (χ4n) is 2.48. The molecule has 3 heterocycles. The molecule has 27 heavy (non-hydrogen) atoms. The van der Waals surface area contributed by atoms with Gasteiger partial charge in [0, 0.05) is 18.4 Å². The second-order valence-electron chi connectivity index (χ2n) is 5.81. The first-order valence-corrected chi connectivity index (χ1v) is 10.5. The molecule has 0 radical (unpaired) electrons. The molecule has 1 N–H and O–H groups in total. The lowest BCUT2D eigenvalue weighted by Crippen LogP contribution is -2.38. The van der Waals surface area contributed by atoms with Gasteiger partial charge in [-0.2, -0.15) is 0 Å². The lowest BCUT2D eigenvalue weighted by molar-refractivity contribution is -0.124. The van der Waals surface area contributed by atoms with Crippen molar-refractivity contribution in [1.82, 2.24) is 10.2 Å². The lowest BCUT2D eigenvalue weighted by Gasteiger charge is -2.14. The molecule has 0 spiro atoms. The van der Waals surface area contributed by atoms with Crippen molar-refractivity contribution in [2.45, 2.75) is 12.5 Å². The minimum absolute atomic E-state index is 0.0705. The Kier molecular flexibility index (Phi) is 5.66. The monoisotopic (exact) mass is 408 g/mol. The fraction of sp³-hybridized carbons (Fsp3) is 0.235. The second-order valence-corrected chi connectivity index (χ2v) is 8.74. The first-order chi connectivity index (χ1) is 12.8. The Bertz CT molecular complexity index is 944. The van der Waals surface area contributed by atoms with Gasteiger partial charge in [0.25, 0.3) is 11.1 Å². The van der Waals surface area contributed by atoms with Gasteiger partial charge in [-0.05, 0) is 42.1 Å². The van der Waals surface area contributed by atoms with Crippen LogP contribution in [0.15, 0.2) is 51.4 Å². The molecule has 1 atom stereocenters. The van der Waals surface area contributed by atoms with Crippen LogP contribution >= 0.6 is 11.8 Å². The number of thioether (sulfide) groups is 1. The van der Waals surface area contributed by atoms with Crippen molar-refractivity contribution in [1.29, 1.82) is 0 Å². The average Bonchev–Trinajstić information content (AvgIpc) is 3.28. The van der Waals surface area contributed by atoms with Crippen LogP contribution in [-0.4, -0.2) is 48.7 Å². The van der Waals surface area contributed by atoms with Gasteiger partial charge in [0.05, 0.1) is 23.0 Å². The molecule has 3 amide bonds. The van der Waals surface area contributed by atoms with E-state index in [0.29, 0.717) is 5.76 Å². The van der Waals surface area contributed by atoms with Gasteiger partial charge >= 0.3 is 0 Å². The van der Waals surface area contributed by atoms with Crippen LogP contribution in [-0.2, 0) is 19.4 Å². The van der Waals surface area contributed by atoms with Gasteiger partial charge in [0.1, 0.15) is 5.76 Å². The number of sulfone groups is 1. The number of nitrogens with one attached hydrogen (secondary N) is 1. The molecule has 0 bridgehead atoms. The highest BCUT2D eigenvalue weighted by Crippen LogP contribution is 2.30. The van der Waals surface area contributed by atoms with Gasteiger partial charge in [-0.3, -0.25) is 19.3 Å². The number of rotatable bonds is 6. The Morgan fingerprint density at radius 1 is 1.41 bits per heavy atom. The maximum Gasteiger partial charge on any atom is 0.293 e. The van der Waals surface area contributed by atoms with Crippen LogP contribution < -0.4 is 5.32 Å². The van der Waals surface area contributed by atoms with E-state index in [-0.39, 0.29) is 23.6 Å². The molecule has 1 aromatic heterocycles. The van der Waals surface area contributed by atoms with E-state index >= 15 is 0 Å². The number of furan rings is 1. The van der Waals surface area contributed by atoms with E-state index in [1.165, 1.54) is 18.4 Å². The number of carbonyl (C=O) groups excluding carboxylic acids is 3. The summed E-state index contributed by atoms with van der Waals surface area (Å²) in [5, 5.41) is 3.17. The van der Waals surface area contributed by atoms with E-state index < -0.39 is 32.9 Å². The minimum atomic E-state index is -3.26. The molecule has 3 rings (SSSR count). The molecule has 1 unspecified atom stereocenters. The summed E-state index contributed by atoms with van der Waals surface area (Å²) in [5.74, 6) is -0.455. The third kappa shape index (κ3) is 4.98. The molecule has 8 nitrogen and oxygen atoms in total. The van der Waals surface area contributed by atoms with Crippen molar-refractivity contribution in [3.63, 3.8) is 0 Å². The molecular weight excluding hydrogens is 392 g/mol. The summed E-state index contributed by atoms with van der Waals surface area (Å²) < 4.78 is 27.8. The Balaban J connectivity index is 1.51. The first kappa shape index (κ1) is 19.2. The standard InChI is InChI=1S/C17H16N2O6S2/c20-15(18-12-7-10-27(23,24)11-12)6-8-19-16(21)14(26-17(19)22)5-1-3-13-4-2-9-25-13/h1-5,7,9-10,12H,6,8,11H2,(H,18,20). The first-order valence-electron chi connectivity index (χ1n) is 8.00. The van der Waals surface area contributed by atoms with Gasteiger partial charge in [-0.25, -0.2) is 8.42 Å². The van der Waals surface area contributed by atoms with E-state index in [1.807, 2.05) is 0 Å². The van der Waals surface area contributed by atoms with Gasteiger partial charge in [0.15, 0.2) is 9.84 Å². The topological polar surface area (TPSA) is 114 Å². The Morgan fingerprint density at radius 2 is 2.22 bits per heavy atom. The van der Waals surface area contributed by atoms with Crippen LogP contribution in [0.5, 0.6) is 0 Å². The average molecular weight is 408 g/mol. The molecular formula is C17H16N2O6S2. The van der Waals surface area contributed by atoms with E-state index in [2.05, 4.69) is 5.32 Å². The van der Waals surface area contributed by atoms with Crippen molar-refractivity contribution in [3.8, 4) is 0 Å². The second kappa shape index (κ2) is 7.97. The van der Waals surface area contributed by atoms with E-state index in [1.54, 1.807) is 24.3 Å². The summed E-state index contributed by atoms with van der Waals surface area (Å²) in [4.78, 5) is 37.5. The van der Waals surface area contributed by atoms with Crippen molar-refractivity contribution >= 4 is 44.7 Å². The maximum atomic E-state index is 12.3. The smallest absolute Gasteiger partial charge is 0.293 e. The maximum absolute atomic E-state index is 12.3. The van der Waals surface area contributed by atoms with Gasteiger partial charge < -0.3 is 9.73 Å². The fourth-order valence-corrected chi connectivity index (χ4v) is 4.53. The Labute approximate surface area is 159 Å². The van der Waals surface area contributed by atoms with E-state index in [4.69, 9.17) is 4.42 Å². The summed E-state index contributed by atoms with van der Waals surface area (Å²) in [6.07, 6.45) is 7.61. The van der Waals surface area contributed by atoms with Gasteiger partial charge in [0.2, 0.25) is 5.91 Å². The molecule has 142 valence electrons. The normalized spacial score (nSPS) is 23.0. The van der Waals surface area contributed by atoms with Crippen LogP contribution in [0.3, 0.4) is 0 Å². The van der Waals surface area contributed by atoms with Crippen LogP contribution in [0.1, 0.15) is 12.2 Å². The molecule has 1 fully saturated rings. The Morgan fingerprint density at radius 3 is 2.89 bits per heavy atom. The van der Waals surface area contributed by atoms with Crippen LogP contribution in [0, 0.1) is 0 Å². The number of nitrogens with zero attached hydrogens (tertiary/aromatic N) is 1. The molecule has 0 saturated carbocycles. The number of hydrogen-bond donors (Lipinski definition) is 1. The SMILES string of the molecule is O=C(CCN1C(=O)SC(=CC=Cc2ccco2)C1=O)NC1C=CS(=O)(=O)C1. The predicted octanol–water partition coefficient (Wildman–Crippen LogP) is 1.69. The number of allylic oxidation sites excluding steroid dienone is 2. The zero-order valence-corrected chi connectivity index (χ0v) is 15.7. The highest BCUT2D eigenvalue weighted by atomic mass is 32.2. The third-order valence-electron chi connectivity index (χ3n) is 3.76. The zero-order valence-electron chi connectivity index (χ0n) is 14.0. The largest absolute Gasteiger partial charge is 0.465 e. The lowest BCUT2D eigenvalue weighted by atomic mass is 10.3. The molecule has 10 heteroatoms. The van der Waals surface area contributed by atoms with Crippen molar-refractivity contribution in [2.24, 2.45) is 0 Å². The number of amides is 3. The molecule has 1 saturated heterocycles. The molecule has 0 aliphatic carbocycles. The molecule has 1 aromatic rings. The molecule has 2 aliphatic heterocycles. The summed E-state index contributed by atoms with van der Waals surface area (Å²) >= 11 is 0.798. The zero-order chi connectivity index (χ0) is 19.4. The summed E-state index contributed by atoms with van der Waals surface area (Å²) in [7, 11) is -3.26. The summed E-state index contributed by atoms with van der Waals surface area (Å²) in [6.45, 7) is -0.0705. The van der Waals surface area contributed by atoms with Crippen molar-refractivity contribution in [3.05, 3.63) is 52.7 Å². The van der Waals surface area contributed by atoms with Crippen molar-refractivity contribution in [2.75, 3.05) is 12.3 Å². The number of carbonyl (C=O) groups is 3. The predicted molar refractivity (Wildman–Crippen MR) is 100.0 cm³/mol. The number of imide groups is 1. The van der Waals surface area contributed by atoms with Gasteiger partial charge in [-0.15, -0.1) is 0 Å². The van der Waals surface area contributed by atoms with Crippen LogP contribution in [0.2, 0.25) is 0 Å². The van der Waals surface area contributed by atoms with E-state index in [9.17, 15) is 22.8 Å². The van der Waals surface area contributed by atoms with Crippen molar-refractivity contribution < 1.29 is 27.2 Å². The molecule has 0 aromatic carbocycles. The summed E-state index contributed by atoms with van der Waals surface area (Å²) in [5.41, 5.74) is 0. The van der Waals surface area contributed by atoms with E-state index in [0.717, 1.165) is 22.1 Å². The minimum Gasteiger partial charge on any atom is -0.465 e. The van der Waals surface area contributed by atoms with Crippen LogP contribution in [0.4, 0.5) is 4.79 Å². The highest BCUT2D eigenvalue weighted by Gasteiger charge is 2.35. The quantitative estimate of drug-likeness (QED) is 0.713. The summed E-state index contributed by atoms with van der Waals surface area (Å²) in [6, 6.07) is 2.90. The van der Waals surface area contributed by atoms with Gasteiger partial charge in [-0.1, -0.05) is 6.08 Å². The van der Waals surface area contributed by atoms with Crippen LogP contribution in [0.25, 0.3) is 6.08 Å².